The van der Waals surface area contributed by atoms with Gasteiger partial charge < -0.3 is 4.52 Å². The normalized spacial score (nSPS) is 10.7. The van der Waals surface area contributed by atoms with Crippen molar-refractivity contribution in [3.63, 3.8) is 0 Å². The topological polar surface area (TPSA) is 26.0 Å². The van der Waals surface area contributed by atoms with Gasteiger partial charge in [-0.1, -0.05) is 11.2 Å². The first-order valence-electron chi connectivity index (χ1n) is 4.48. The Bertz CT molecular complexity index is 485. The summed E-state index contributed by atoms with van der Waals surface area (Å²) >= 11 is 0. The monoisotopic (exact) mass is 209 g/mol. The maximum atomic E-state index is 13.4. The van der Waals surface area contributed by atoms with E-state index in [1.165, 1.54) is 18.2 Å². The molecule has 0 radical (unpaired) electrons. The predicted molar refractivity (Wildman–Crippen MR) is 51.3 cm³/mol. The summed E-state index contributed by atoms with van der Waals surface area (Å²) in [7, 11) is 0. The van der Waals surface area contributed by atoms with Crippen molar-refractivity contribution < 1.29 is 13.3 Å². The maximum Gasteiger partial charge on any atom is 0.137 e. The molecule has 0 aliphatic rings. The molecule has 2 rings (SSSR count). The summed E-state index contributed by atoms with van der Waals surface area (Å²) in [5.41, 5.74) is 0.744. The molecule has 0 spiro atoms. The van der Waals surface area contributed by atoms with Gasteiger partial charge in [-0.15, -0.1) is 0 Å². The number of hydrogen-bond donors (Lipinski definition) is 0. The lowest BCUT2D eigenvalue weighted by Crippen LogP contribution is -1.91. The highest BCUT2D eigenvalue weighted by Gasteiger charge is 2.18. The first-order chi connectivity index (χ1) is 7.11. The first-order valence-corrected chi connectivity index (χ1v) is 4.48. The first kappa shape index (κ1) is 9.83. The zero-order valence-corrected chi connectivity index (χ0v) is 8.34. The van der Waals surface area contributed by atoms with Gasteiger partial charge in [0.2, 0.25) is 0 Å². The van der Waals surface area contributed by atoms with Crippen LogP contribution >= 0.6 is 0 Å². The maximum absolute atomic E-state index is 13.4. The van der Waals surface area contributed by atoms with Crippen LogP contribution in [0.15, 0.2) is 22.7 Å². The van der Waals surface area contributed by atoms with Gasteiger partial charge in [-0.2, -0.15) is 0 Å². The van der Waals surface area contributed by atoms with Crippen molar-refractivity contribution in [1.82, 2.24) is 5.16 Å². The molecule has 0 bridgehead atoms. The second-order valence-electron chi connectivity index (χ2n) is 3.31. The highest BCUT2D eigenvalue weighted by atomic mass is 19.1. The van der Waals surface area contributed by atoms with Gasteiger partial charge in [-0.25, -0.2) is 8.78 Å². The molecule has 0 aliphatic heterocycles. The summed E-state index contributed by atoms with van der Waals surface area (Å²) in [5, 5.41) is 3.65. The molecule has 0 unspecified atom stereocenters. The molecule has 0 saturated carbocycles. The van der Waals surface area contributed by atoms with Crippen molar-refractivity contribution >= 4 is 0 Å². The third-order valence-electron chi connectivity index (χ3n) is 2.36. The highest BCUT2D eigenvalue weighted by Crippen LogP contribution is 2.28. The van der Waals surface area contributed by atoms with E-state index >= 15 is 0 Å². The molecule has 4 heteroatoms. The molecule has 1 heterocycles. The summed E-state index contributed by atoms with van der Waals surface area (Å²) in [6, 6.07) is 3.71. The Kier molecular flexibility index (Phi) is 2.26. The minimum Gasteiger partial charge on any atom is -0.361 e. The number of halogens is 2. The minimum absolute atomic E-state index is 0.133. The summed E-state index contributed by atoms with van der Waals surface area (Å²) < 4.78 is 31.7. The van der Waals surface area contributed by atoms with Crippen molar-refractivity contribution in [2.75, 3.05) is 0 Å². The summed E-state index contributed by atoms with van der Waals surface area (Å²) in [6.07, 6.45) is 0. The van der Waals surface area contributed by atoms with Crippen LogP contribution in [0.4, 0.5) is 8.78 Å². The van der Waals surface area contributed by atoms with E-state index in [0.717, 1.165) is 0 Å². The van der Waals surface area contributed by atoms with Gasteiger partial charge >= 0.3 is 0 Å². The summed E-state index contributed by atoms with van der Waals surface area (Å²) in [5.74, 6) is -0.703. The molecular formula is C11H9F2NO. The quantitative estimate of drug-likeness (QED) is 0.720. The Morgan fingerprint density at radius 1 is 1.13 bits per heavy atom. The van der Waals surface area contributed by atoms with Crippen LogP contribution in [0, 0.1) is 25.5 Å². The number of hydrogen-bond acceptors (Lipinski definition) is 2. The number of nitrogens with zero attached hydrogens (tertiary/aromatic N) is 1. The fourth-order valence-electron chi connectivity index (χ4n) is 1.37. The average molecular weight is 209 g/mol. The van der Waals surface area contributed by atoms with Crippen molar-refractivity contribution in [1.29, 1.82) is 0 Å². The van der Waals surface area contributed by atoms with Gasteiger partial charge in [0.25, 0.3) is 0 Å². The fourth-order valence-corrected chi connectivity index (χ4v) is 1.37. The Hall–Kier alpha value is -1.71. The molecule has 0 saturated heterocycles. The van der Waals surface area contributed by atoms with Crippen molar-refractivity contribution in [3.8, 4) is 11.3 Å². The Morgan fingerprint density at radius 2 is 1.73 bits per heavy atom. The standard InChI is InChI=1S/C11H9F2NO/c1-6-7(2)15-14-11(6)10-8(12)4-3-5-9(10)13/h3-5H,1-2H3. The molecule has 0 fully saturated rings. The second kappa shape index (κ2) is 3.46. The number of rotatable bonds is 1. The lowest BCUT2D eigenvalue weighted by molar-refractivity contribution is 0.398. The molecule has 15 heavy (non-hydrogen) atoms. The molecule has 0 amide bonds. The lowest BCUT2D eigenvalue weighted by atomic mass is 10.1. The smallest absolute Gasteiger partial charge is 0.137 e. The van der Waals surface area contributed by atoms with E-state index in [4.69, 9.17) is 4.52 Å². The summed E-state index contributed by atoms with van der Waals surface area (Å²) in [6.45, 7) is 3.41. The Balaban J connectivity index is 2.69. The Labute approximate surface area is 85.5 Å². The number of aryl methyl sites for hydroxylation is 1. The Morgan fingerprint density at radius 3 is 2.20 bits per heavy atom. The minimum atomic E-state index is -0.633. The van der Waals surface area contributed by atoms with E-state index in [9.17, 15) is 8.78 Å². The van der Waals surface area contributed by atoms with Crippen LogP contribution < -0.4 is 0 Å². The molecule has 0 N–H and O–H groups in total. The SMILES string of the molecule is Cc1onc(-c2c(F)cccc2F)c1C. The largest absolute Gasteiger partial charge is 0.361 e. The average Bonchev–Trinajstić information content (AvgIpc) is 2.49. The van der Waals surface area contributed by atoms with Crippen LogP contribution in [-0.4, -0.2) is 5.16 Å². The summed E-state index contributed by atoms with van der Waals surface area (Å²) in [4.78, 5) is 0. The van der Waals surface area contributed by atoms with Crippen LogP contribution in [0.25, 0.3) is 11.3 Å². The molecule has 1 aromatic heterocycles. The van der Waals surface area contributed by atoms with Gasteiger partial charge in [0.05, 0.1) is 5.56 Å². The van der Waals surface area contributed by atoms with Gasteiger partial charge in [-0.3, -0.25) is 0 Å². The van der Waals surface area contributed by atoms with Crippen LogP contribution in [-0.2, 0) is 0 Å². The van der Waals surface area contributed by atoms with Gasteiger partial charge in [0, 0.05) is 5.56 Å². The van der Waals surface area contributed by atoms with E-state index in [1.54, 1.807) is 13.8 Å². The molecule has 0 aliphatic carbocycles. The number of aromatic nitrogens is 1. The fraction of sp³-hybridized carbons (Fsp3) is 0.182. The van der Waals surface area contributed by atoms with Crippen molar-refractivity contribution in [2.45, 2.75) is 13.8 Å². The highest BCUT2D eigenvalue weighted by molar-refractivity contribution is 5.64. The zero-order chi connectivity index (χ0) is 11.0. The van der Waals surface area contributed by atoms with Crippen LogP contribution in [0.1, 0.15) is 11.3 Å². The van der Waals surface area contributed by atoms with Crippen LogP contribution in [0.5, 0.6) is 0 Å². The predicted octanol–water partition coefficient (Wildman–Crippen LogP) is 3.24. The van der Waals surface area contributed by atoms with E-state index in [2.05, 4.69) is 5.16 Å². The van der Waals surface area contributed by atoms with E-state index in [1.807, 2.05) is 0 Å². The molecule has 1 aromatic carbocycles. The third kappa shape index (κ3) is 1.52. The van der Waals surface area contributed by atoms with Crippen LogP contribution in [0.2, 0.25) is 0 Å². The van der Waals surface area contributed by atoms with Crippen LogP contribution in [0.3, 0.4) is 0 Å². The molecule has 0 atom stereocenters. The second-order valence-corrected chi connectivity index (χ2v) is 3.31. The van der Waals surface area contributed by atoms with Crippen molar-refractivity contribution in [2.24, 2.45) is 0 Å². The van der Waals surface area contributed by atoms with E-state index < -0.39 is 11.6 Å². The van der Waals surface area contributed by atoms with E-state index in [-0.39, 0.29) is 11.3 Å². The van der Waals surface area contributed by atoms with E-state index in [0.29, 0.717) is 11.3 Å². The van der Waals surface area contributed by atoms with Crippen molar-refractivity contribution in [3.05, 3.63) is 41.2 Å². The molecule has 2 nitrogen and oxygen atoms in total. The lowest BCUT2D eigenvalue weighted by Gasteiger charge is -2.01. The van der Waals surface area contributed by atoms with Gasteiger partial charge in [0.1, 0.15) is 23.1 Å². The molecular weight excluding hydrogens is 200 g/mol. The van der Waals surface area contributed by atoms with Gasteiger partial charge in [-0.05, 0) is 26.0 Å². The number of benzene rings is 1. The molecule has 78 valence electrons. The van der Waals surface area contributed by atoms with Gasteiger partial charge in [0.15, 0.2) is 0 Å². The molecule has 2 aromatic rings. The third-order valence-corrected chi connectivity index (χ3v) is 2.36. The zero-order valence-electron chi connectivity index (χ0n) is 8.34.